The van der Waals surface area contributed by atoms with Gasteiger partial charge < -0.3 is 20.5 Å². The Morgan fingerprint density at radius 2 is 1.94 bits per heavy atom. The summed E-state index contributed by atoms with van der Waals surface area (Å²) in [5.41, 5.74) is 9.71. The fourth-order valence-electron chi connectivity index (χ4n) is 4.15. The third-order valence-electron chi connectivity index (χ3n) is 5.93. The molecule has 0 amide bonds. The van der Waals surface area contributed by atoms with Crippen molar-refractivity contribution in [1.82, 2.24) is 4.90 Å². The molecule has 2 aliphatic heterocycles. The quantitative estimate of drug-likeness (QED) is 0.252. The number of rotatable bonds is 4. The molecule has 188 valence electrons. The lowest BCUT2D eigenvalue weighted by Crippen LogP contribution is -2.50. The van der Waals surface area contributed by atoms with Crippen molar-refractivity contribution in [3.63, 3.8) is 0 Å². The molecule has 7 nitrogen and oxygen atoms in total. The summed E-state index contributed by atoms with van der Waals surface area (Å²) < 4.78 is 5.57. The van der Waals surface area contributed by atoms with Gasteiger partial charge in [-0.3, -0.25) is 15.2 Å². The van der Waals surface area contributed by atoms with Crippen LogP contribution in [0.1, 0.15) is 65.5 Å². The molecule has 3 rings (SSSR count). The Morgan fingerprint density at radius 1 is 1.29 bits per heavy atom. The first-order chi connectivity index (χ1) is 16.4. The first kappa shape index (κ1) is 27.0. The molecule has 8 heteroatoms. The molecule has 0 saturated heterocycles. The zero-order valence-electron chi connectivity index (χ0n) is 21.4. The molecule has 1 aromatic rings. The molecule has 35 heavy (non-hydrogen) atoms. The minimum Gasteiger partial charge on any atom is -0.460 e. The number of hydrogen-bond donors (Lipinski definition) is 3. The van der Waals surface area contributed by atoms with E-state index < -0.39 is 17.8 Å². The number of carbonyl (C=O) groups excluding carboxylic acids is 1. The molecule has 0 radical (unpaired) electrons. The molecular formula is C27H36N4O3S. The lowest BCUT2D eigenvalue weighted by atomic mass is 9.90. The molecule has 4 N–H and O–H groups in total. The summed E-state index contributed by atoms with van der Waals surface area (Å²) in [6.07, 6.45) is -0.220. The van der Waals surface area contributed by atoms with Crippen molar-refractivity contribution in [3.8, 4) is 11.8 Å². The van der Waals surface area contributed by atoms with Crippen LogP contribution in [0.15, 0.2) is 39.9 Å². The summed E-state index contributed by atoms with van der Waals surface area (Å²) >= 11 is 1.70. The highest BCUT2D eigenvalue weighted by atomic mass is 32.2. The number of benzene rings is 1. The van der Waals surface area contributed by atoms with Crippen LogP contribution in [0, 0.1) is 23.2 Å². The highest BCUT2D eigenvalue weighted by molar-refractivity contribution is 8.03. The maximum absolute atomic E-state index is 12.8. The molecule has 0 saturated carbocycles. The van der Waals surface area contributed by atoms with Crippen molar-refractivity contribution < 1.29 is 14.6 Å². The number of allylic oxidation sites excluding steroid dienone is 1. The van der Waals surface area contributed by atoms with Gasteiger partial charge in [0.05, 0.1) is 35.6 Å². The van der Waals surface area contributed by atoms with Crippen LogP contribution in [0.5, 0.6) is 0 Å². The number of ether oxygens (including phenoxy) is 1. The zero-order chi connectivity index (χ0) is 25.9. The van der Waals surface area contributed by atoms with Gasteiger partial charge in [0.2, 0.25) is 0 Å². The Kier molecular flexibility index (Phi) is 8.47. The zero-order valence-corrected chi connectivity index (χ0v) is 22.2. The minimum atomic E-state index is -0.670. The van der Waals surface area contributed by atoms with Gasteiger partial charge in [-0.1, -0.05) is 37.8 Å². The van der Waals surface area contributed by atoms with Crippen molar-refractivity contribution in [2.75, 3.05) is 6.61 Å². The number of amidine groups is 1. The Balaban J connectivity index is 2.09. The van der Waals surface area contributed by atoms with Crippen molar-refractivity contribution in [2.45, 2.75) is 77.4 Å². The SMILES string of the molecule is CC(=N)N1C2=C(C(c3ccc(C#CCCO)cc3)=N[C@@H](CC(=O)OC(C)(C)C)C1N)C(C)C(C)S2. The van der Waals surface area contributed by atoms with Gasteiger partial charge in [-0.05, 0) is 45.7 Å². The van der Waals surface area contributed by atoms with Gasteiger partial charge >= 0.3 is 5.97 Å². The van der Waals surface area contributed by atoms with E-state index in [9.17, 15) is 4.79 Å². The van der Waals surface area contributed by atoms with E-state index in [-0.39, 0.29) is 24.9 Å². The average molecular weight is 497 g/mol. The third kappa shape index (κ3) is 6.35. The third-order valence-corrected chi connectivity index (χ3v) is 7.35. The monoisotopic (exact) mass is 496 g/mol. The van der Waals surface area contributed by atoms with Crippen molar-refractivity contribution in [3.05, 3.63) is 46.0 Å². The van der Waals surface area contributed by atoms with E-state index in [1.807, 2.05) is 49.9 Å². The molecule has 3 unspecified atom stereocenters. The molecule has 4 atom stereocenters. The number of carbonyl (C=O) groups is 1. The summed E-state index contributed by atoms with van der Waals surface area (Å²) in [5.74, 6) is 6.13. The largest absolute Gasteiger partial charge is 0.460 e. The lowest BCUT2D eigenvalue weighted by molar-refractivity contribution is -0.155. The van der Waals surface area contributed by atoms with Crippen LogP contribution in [0.4, 0.5) is 0 Å². The summed E-state index contributed by atoms with van der Waals surface area (Å²) in [5, 5.41) is 18.7. The Labute approximate surface area is 212 Å². The van der Waals surface area contributed by atoms with E-state index in [0.29, 0.717) is 17.5 Å². The Morgan fingerprint density at radius 3 is 2.51 bits per heavy atom. The normalized spacial score (nSPS) is 24.2. The molecular weight excluding hydrogens is 460 g/mol. The van der Waals surface area contributed by atoms with Gasteiger partial charge in [0.1, 0.15) is 11.8 Å². The smallest absolute Gasteiger partial charge is 0.308 e. The number of aliphatic imine (C=N–C) groups is 1. The molecule has 0 bridgehead atoms. The number of nitrogens with two attached hydrogens (primary N) is 1. The number of hydrogen-bond acceptors (Lipinski definition) is 7. The van der Waals surface area contributed by atoms with Crippen LogP contribution in [-0.4, -0.2) is 57.2 Å². The maximum Gasteiger partial charge on any atom is 0.308 e. The second-order valence-corrected chi connectivity index (χ2v) is 11.3. The lowest BCUT2D eigenvalue weighted by Gasteiger charge is -2.33. The molecule has 2 aliphatic rings. The van der Waals surface area contributed by atoms with E-state index in [1.54, 1.807) is 18.7 Å². The van der Waals surface area contributed by atoms with Crippen molar-refractivity contribution >= 4 is 29.3 Å². The van der Waals surface area contributed by atoms with E-state index >= 15 is 0 Å². The second kappa shape index (κ2) is 11.0. The highest BCUT2D eigenvalue weighted by Gasteiger charge is 2.42. The summed E-state index contributed by atoms with van der Waals surface area (Å²) in [6, 6.07) is 7.25. The van der Waals surface area contributed by atoms with E-state index in [0.717, 1.165) is 27.4 Å². The number of nitrogens with zero attached hydrogens (tertiary/aromatic N) is 2. The average Bonchev–Trinajstić information content (AvgIpc) is 2.97. The molecule has 2 heterocycles. The predicted octanol–water partition coefficient (Wildman–Crippen LogP) is 3.89. The molecule has 0 aliphatic carbocycles. The van der Waals surface area contributed by atoms with E-state index in [1.165, 1.54) is 0 Å². The summed E-state index contributed by atoms with van der Waals surface area (Å²) in [7, 11) is 0. The molecule has 0 fully saturated rings. The first-order valence-corrected chi connectivity index (χ1v) is 12.8. The molecule has 1 aromatic carbocycles. The van der Waals surface area contributed by atoms with Crippen LogP contribution in [-0.2, 0) is 9.53 Å². The van der Waals surface area contributed by atoms with Gasteiger partial charge in [0.15, 0.2) is 0 Å². The predicted molar refractivity (Wildman–Crippen MR) is 142 cm³/mol. The Hall–Kier alpha value is -2.60. The van der Waals surface area contributed by atoms with Gasteiger partial charge in [0.25, 0.3) is 0 Å². The van der Waals surface area contributed by atoms with E-state index in [2.05, 4.69) is 25.7 Å². The minimum absolute atomic E-state index is 0.0194. The number of thioether (sulfide) groups is 1. The van der Waals surface area contributed by atoms with Crippen LogP contribution >= 0.6 is 11.8 Å². The number of nitrogens with one attached hydrogen (secondary N) is 1. The van der Waals surface area contributed by atoms with Crippen LogP contribution in [0.3, 0.4) is 0 Å². The van der Waals surface area contributed by atoms with Crippen molar-refractivity contribution in [2.24, 2.45) is 16.6 Å². The second-order valence-electron chi connectivity index (χ2n) is 9.96. The van der Waals surface area contributed by atoms with E-state index in [4.69, 9.17) is 26.0 Å². The fourth-order valence-corrected chi connectivity index (χ4v) is 5.63. The van der Waals surface area contributed by atoms with Gasteiger partial charge in [-0.2, -0.15) is 0 Å². The maximum atomic E-state index is 12.8. The van der Waals surface area contributed by atoms with Gasteiger partial charge in [-0.15, -0.1) is 11.8 Å². The Bertz CT molecular complexity index is 1090. The standard InChI is InChI=1S/C27H36N4O3S/c1-16-17(2)35-26-23(16)24(20-12-10-19(11-13-20)9-7-8-14-32)30-21(25(29)31(26)18(3)28)15-22(33)34-27(4,5)6/h10-13,16-17,21,25,28,32H,8,14-15,29H2,1-6H3/t16?,17?,21-,25?/m0/s1. The van der Waals surface area contributed by atoms with Crippen LogP contribution < -0.4 is 5.73 Å². The molecule has 0 spiro atoms. The topological polar surface area (TPSA) is 112 Å². The fraction of sp³-hybridized carbons (Fsp3) is 0.519. The summed E-state index contributed by atoms with van der Waals surface area (Å²) in [4.78, 5) is 19.7. The van der Waals surface area contributed by atoms with Crippen molar-refractivity contribution in [1.29, 1.82) is 5.41 Å². The highest BCUT2D eigenvalue weighted by Crippen LogP contribution is 2.47. The molecule has 0 aromatic heterocycles. The number of aliphatic hydroxyl groups excluding tert-OH is 1. The number of esters is 1. The first-order valence-electron chi connectivity index (χ1n) is 11.9. The number of aliphatic hydroxyl groups is 1. The van der Waals surface area contributed by atoms with Crippen LogP contribution in [0.25, 0.3) is 0 Å². The van der Waals surface area contributed by atoms with Crippen LogP contribution in [0.2, 0.25) is 0 Å². The van der Waals surface area contributed by atoms with Gasteiger partial charge in [0, 0.05) is 28.4 Å². The summed E-state index contributed by atoms with van der Waals surface area (Å²) in [6.45, 7) is 11.6. The van der Waals surface area contributed by atoms with Gasteiger partial charge in [-0.25, -0.2) is 0 Å².